The van der Waals surface area contributed by atoms with Crippen LogP contribution in [0.15, 0.2) is 23.1 Å². The zero-order valence-corrected chi connectivity index (χ0v) is 16.5. The third kappa shape index (κ3) is 3.35. The second-order valence-corrected chi connectivity index (χ2v) is 7.48. The molecule has 146 valence electrons. The molecule has 2 unspecified atom stereocenters. The standard InChI is InChI=1S/C20H24N6O2/c1-11-10-26(6-5-17(11)27)20-23-8-15(19-13(3)14(4)25-28-19)18(24-20)16-9-21-12(2)7-22-16/h7-9,11,17,27H,5-6,10H2,1-4H3. The van der Waals surface area contributed by atoms with Crippen LogP contribution in [0.2, 0.25) is 0 Å². The first-order valence-corrected chi connectivity index (χ1v) is 9.46. The Kier molecular flexibility index (Phi) is 4.80. The Morgan fingerprint density at radius 2 is 1.93 bits per heavy atom. The summed E-state index contributed by atoms with van der Waals surface area (Å²) >= 11 is 0. The van der Waals surface area contributed by atoms with Crippen LogP contribution in [-0.4, -0.2) is 49.4 Å². The van der Waals surface area contributed by atoms with Gasteiger partial charge in [-0.05, 0) is 33.1 Å². The number of anilines is 1. The molecule has 8 heteroatoms. The minimum absolute atomic E-state index is 0.166. The molecule has 28 heavy (non-hydrogen) atoms. The first-order valence-electron chi connectivity index (χ1n) is 9.46. The van der Waals surface area contributed by atoms with Crippen LogP contribution in [0.1, 0.15) is 30.3 Å². The summed E-state index contributed by atoms with van der Waals surface area (Å²) in [6.07, 6.45) is 5.62. The number of piperidine rings is 1. The lowest BCUT2D eigenvalue weighted by Crippen LogP contribution is -2.42. The van der Waals surface area contributed by atoms with E-state index in [0.29, 0.717) is 42.6 Å². The van der Waals surface area contributed by atoms with Crippen LogP contribution in [0.5, 0.6) is 0 Å². The van der Waals surface area contributed by atoms with Gasteiger partial charge in [0.05, 0.1) is 29.3 Å². The van der Waals surface area contributed by atoms with E-state index in [-0.39, 0.29) is 12.0 Å². The summed E-state index contributed by atoms with van der Waals surface area (Å²) in [7, 11) is 0. The van der Waals surface area contributed by atoms with E-state index < -0.39 is 0 Å². The lowest BCUT2D eigenvalue weighted by Gasteiger charge is -2.34. The summed E-state index contributed by atoms with van der Waals surface area (Å²) in [4.78, 5) is 20.4. The quantitative estimate of drug-likeness (QED) is 0.740. The maximum Gasteiger partial charge on any atom is 0.225 e. The third-order valence-corrected chi connectivity index (χ3v) is 5.34. The molecule has 1 N–H and O–H groups in total. The monoisotopic (exact) mass is 380 g/mol. The first-order chi connectivity index (χ1) is 13.4. The minimum atomic E-state index is -0.280. The number of aliphatic hydroxyl groups is 1. The summed E-state index contributed by atoms with van der Waals surface area (Å²) in [5.74, 6) is 1.43. The molecule has 1 saturated heterocycles. The molecule has 1 fully saturated rings. The van der Waals surface area contributed by atoms with Gasteiger partial charge in [0.1, 0.15) is 11.4 Å². The van der Waals surface area contributed by atoms with Gasteiger partial charge in [-0.15, -0.1) is 0 Å². The molecule has 0 aromatic carbocycles. The highest BCUT2D eigenvalue weighted by Crippen LogP contribution is 2.33. The van der Waals surface area contributed by atoms with Crippen molar-refractivity contribution in [3.63, 3.8) is 0 Å². The van der Waals surface area contributed by atoms with Crippen LogP contribution in [-0.2, 0) is 0 Å². The lowest BCUT2D eigenvalue weighted by atomic mass is 9.97. The van der Waals surface area contributed by atoms with Crippen LogP contribution < -0.4 is 4.90 Å². The smallest absolute Gasteiger partial charge is 0.225 e. The van der Waals surface area contributed by atoms with Gasteiger partial charge in [-0.25, -0.2) is 9.97 Å². The zero-order valence-electron chi connectivity index (χ0n) is 16.5. The van der Waals surface area contributed by atoms with Crippen LogP contribution in [0.4, 0.5) is 5.95 Å². The predicted molar refractivity (Wildman–Crippen MR) is 105 cm³/mol. The van der Waals surface area contributed by atoms with Gasteiger partial charge in [0.25, 0.3) is 0 Å². The van der Waals surface area contributed by atoms with Crippen LogP contribution in [0, 0.1) is 26.7 Å². The van der Waals surface area contributed by atoms with E-state index >= 15 is 0 Å². The van der Waals surface area contributed by atoms with Gasteiger partial charge >= 0.3 is 0 Å². The maximum atomic E-state index is 10.0. The van der Waals surface area contributed by atoms with E-state index in [2.05, 4.69) is 25.0 Å². The molecule has 0 saturated carbocycles. The molecule has 0 aliphatic carbocycles. The van der Waals surface area contributed by atoms with Crippen molar-refractivity contribution in [1.82, 2.24) is 25.1 Å². The van der Waals surface area contributed by atoms with E-state index in [4.69, 9.17) is 9.51 Å². The molecular weight excluding hydrogens is 356 g/mol. The maximum absolute atomic E-state index is 10.0. The van der Waals surface area contributed by atoms with Gasteiger partial charge in [-0.3, -0.25) is 9.97 Å². The fraction of sp³-hybridized carbons (Fsp3) is 0.450. The second kappa shape index (κ2) is 7.27. The molecule has 1 aliphatic rings. The summed E-state index contributed by atoms with van der Waals surface area (Å²) in [6, 6.07) is 0. The Bertz CT molecular complexity index is 985. The summed E-state index contributed by atoms with van der Waals surface area (Å²) in [5, 5.41) is 14.1. The molecule has 4 rings (SSSR count). The first kappa shape index (κ1) is 18.5. The molecule has 2 atom stereocenters. The Balaban J connectivity index is 1.81. The lowest BCUT2D eigenvalue weighted by molar-refractivity contribution is 0.0966. The van der Waals surface area contributed by atoms with E-state index in [9.17, 15) is 5.11 Å². The van der Waals surface area contributed by atoms with Crippen LogP contribution >= 0.6 is 0 Å². The molecule has 4 heterocycles. The number of aryl methyl sites for hydroxylation is 2. The molecule has 3 aromatic rings. The van der Waals surface area contributed by atoms with Gasteiger partial charge in [0.15, 0.2) is 5.76 Å². The predicted octanol–water partition coefficient (Wildman–Crippen LogP) is 2.72. The molecular formula is C20H24N6O2. The fourth-order valence-corrected chi connectivity index (χ4v) is 3.38. The topological polar surface area (TPSA) is 101 Å². The van der Waals surface area contributed by atoms with E-state index in [1.807, 2.05) is 27.7 Å². The molecule has 0 bridgehead atoms. The van der Waals surface area contributed by atoms with Crippen molar-refractivity contribution in [2.75, 3.05) is 18.0 Å². The van der Waals surface area contributed by atoms with Crippen molar-refractivity contribution in [3.05, 3.63) is 35.5 Å². The van der Waals surface area contributed by atoms with Crippen molar-refractivity contribution < 1.29 is 9.63 Å². The van der Waals surface area contributed by atoms with Crippen molar-refractivity contribution in [2.45, 2.75) is 40.2 Å². The van der Waals surface area contributed by atoms with E-state index in [1.165, 1.54) is 0 Å². The number of aromatic nitrogens is 5. The Morgan fingerprint density at radius 1 is 1.11 bits per heavy atom. The highest BCUT2D eigenvalue weighted by atomic mass is 16.5. The average molecular weight is 380 g/mol. The Hall–Kier alpha value is -2.87. The van der Waals surface area contributed by atoms with Crippen molar-refractivity contribution in [1.29, 1.82) is 0 Å². The van der Waals surface area contributed by atoms with Crippen molar-refractivity contribution in [3.8, 4) is 22.7 Å². The highest BCUT2D eigenvalue weighted by molar-refractivity contribution is 5.78. The van der Waals surface area contributed by atoms with Crippen LogP contribution in [0.3, 0.4) is 0 Å². The number of hydrogen-bond donors (Lipinski definition) is 1. The minimum Gasteiger partial charge on any atom is -0.393 e. The molecule has 0 radical (unpaired) electrons. The highest BCUT2D eigenvalue weighted by Gasteiger charge is 2.27. The summed E-state index contributed by atoms with van der Waals surface area (Å²) in [6.45, 7) is 9.23. The van der Waals surface area contributed by atoms with Gasteiger partial charge in [0, 0.05) is 31.0 Å². The van der Waals surface area contributed by atoms with E-state index in [1.54, 1.807) is 18.6 Å². The van der Waals surface area contributed by atoms with E-state index in [0.717, 1.165) is 22.5 Å². The van der Waals surface area contributed by atoms with Crippen LogP contribution in [0.25, 0.3) is 22.7 Å². The number of hydrogen-bond acceptors (Lipinski definition) is 8. The normalized spacial score (nSPS) is 19.8. The number of aliphatic hydroxyl groups excluding tert-OH is 1. The summed E-state index contributed by atoms with van der Waals surface area (Å²) in [5.41, 5.74) is 4.68. The molecule has 1 aliphatic heterocycles. The Labute approximate surface area is 163 Å². The largest absolute Gasteiger partial charge is 0.393 e. The van der Waals surface area contributed by atoms with Crippen molar-refractivity contribution >= 4 is 5.95 Å². The fourth-order valence-electron chi connectivity index (χ4n) is 3.38. The average Bonchev–Trinajstić information content (AvgIpc) is 3.03. The van der Waals surface area contributed by atoms with Gasteiger partial charge in [-0.1, -0.05) is 12.1 Å². The molecule has 3 aromatic heterocycles. The van der Waals surface area contributed by atoms with Gasteiger partial charge < -0.3 is 14.5 Å². The Morgan fingerprint density at radius 3 is 2.57 bits per heavy atom. The summed E-state index contributed by atoms with van der Waals surface area (Å²) < 4.78 is 5.56. The van der Waals surface area contributed by atoms with Crippen molar-refractivity contribution in [2.24, 2.45) is 5.92 Å². The second-order valence-electron chi connectivity index (χ2n) is 7.48. The van der Waals surface area contributed by atoms with Gasteiger partial charge in [0.2, 0.25) is 5.95 Å². The molecule has 8 nitrogen and oxygen atoms in total. The van der Waals surface area contributed by atoms with Gasteiger partial charge in [-0.2, -0.15) is 0 Å². The SMILES string of the molecule is Cc1cnc(-c2nc(N3CCC(O)C(C)C3)ncc2-c2onc(C)c2C)cn1. The third-order valence-electron chi connectivity index (χ3n) is 5.34. The molecule has 0 spiro atoms. The number of nitrogens with zero attached hydrogens (tertiary/aromatic N) is 6. The molecule has 0 amide bonds. The number of rotatable bonds is 3. The zero-order chi connectivity index (χ0) is 19.8.